The van der Waals surface area contributed by atoms with Crippen LogP contribution in [0.4, 0.5) is 0 Å². The van der Waals surface area contributed by atoms with E-state index in [2.05, 4.69) is 17.9 Å². The van der Waals surface area contributed by atoms with Crippen LogP contribution >= 0.6 is 23.5 Å². The molecule has 3 heteroatoms. The van der Waals surface area contributed by atoms with Crippen molar-refractivity contribution in [2.24, 2.45) is 0 Å². The average Bonchev–Trinajstić information content (AvgIpc) is 1.89. The maximum absolute atomic E-state index is 2.33. The van der Waals surface area contributed by atoms with E-state index in [0.29, 0.717) is 0 Å². The average molecular weight is 162 g/mol. The minimum absolute atomic E-state index is 1.24. The Hall–Kier alpha value is 0.370. The summed E-state index contributed by atoms with van der Waals surface area (Å²) >= 11 is 3.84. The molecule has 0 N–H and O–H groups in total. The Balaban J connectivity index is 2.59. The van der Waals surface area contributed by atoms with Crippen LogP contribution in [0, 0.1) is 0 Å². The van der Waals surface area contributed by atoms with Gasteiger partial charge in [0.2, 0.25) is 0 Å². The summed E-state index contributed by atoms with van der Waals surface area (Å²) < 4.78 is 3.81. The van der Waals surface area contributed by atoms with E-state index in [1.807, 2.05) is 23.5 Å². The van der Waals surface area contributed by atoms with Crippen molar-refractivity contribution >= 4 is 27.9 Å². The molecule has 0 atom stereocenters. The second kappa shape index (κ2) is 3.52. The maximum atomic E-state index is 2.33. The molecule has 0 aliphatic carbocycles. The van der Waals surface area contributed by atoms with Gasteiger partial charge in [0.25, 0.3) is 4.38 Å². The van der Waals surface area contributed by atoms with E-state index in [1.54, 1.807) is 0 Å². The van der Waals surface area contributed by atoms with Gasteiger partial charge in [0.1, 0.15) is 13.6 Å². The van der Waals surface area contributed by atoms with Gasteiger partial charge >= 0.3 is 0 Å². The van der Waals surface area contributed by atoms with E-state index in [1.165, 1.54) is 23.1 Å². The first kappa shape index (κ1) is 7.48. The smallest absolute Gasteiger partial charge is 0.221 e. The molecule has 1 aliphatic rings. The van der Waals surface area contributed by atoms with Gasteiger partial charge in [0.05, 0.1) is 0 Å². The highest BCUT2D eigenvalue weighted by Crippen LogP contribution is 2.18. The molecule has 0 unspecified atom stereocenters. The summed E-state index contributed by atoms with van der Waals surface area (Å²) in [6.07, 6.45) is 3.48. The van der Waals surface area contributed by atoms with E-state index < -0.39 is 0 Å². The molecule has 0 saturated heterocycles. The molecule has 0 aromatic carbocycles. The Kier molecular flexibility index (Phi) is 2.92. The van der Waals surface area contributed by atoms with Crippen LogP contribution in [0.3, 0.4) is 0 Å². The van der Waals surface area contributed by atoms with Gasteiger partial charge in [-0.3, -0.25) is 0 Å². The van der Waals surface area contributed by atoms with E-state index in [0.717, 1.165) is 0 Å². The van der Waals surface area contributed by atoms with Crippen molar-refractivity contribution in [1.82, 2.24) is 0 Å². The van der Waals surface area contributed by atoms with Gasteiger partial charge in [-0.15, -0.1) is 0 Å². The van der Waals surface area contributed by atoms with Gasteiger partial charge in [0.15, 0.2) is 0 Å². The van der Waals surface area contributed by atoms with Gasteiger partial charge < -0.3 is 0 Å². The molecule has 1 nitrogen and oxygen atoms in total. The first-order chi connectivity index (χ1) is 4.34. The molecule has 0 aromatic heterocycles. The van der Waals surface area contributed by atoms with Crippen molar-refractivity contribution < 1.29 is 4.58 Å². The van der Waals surface area contributed by atoms with Crippen molar-refractivity contribution in [2.45, 2.75) is 6.42 Å². The predicted octanol–water partition coefficient (Wildman–Crippen LogP) is 1.48. The molecule has 0 amide bonds. The molecule has 0 radical (unpaired) electrons. The number of rotatable bonds is 0. The van der Waals surface area contributed by atoms with Crippen molar-refractivity contribution in [3.8, 4) is 0 Å². The van der Waals surface area contributed by atoms with E-state index >= 15 is 0 Å². The summed E-state index contributed by atoms with van der Waals surface area (Å²) in [6.45, 7) is 1.24. The van der Waals surface area contributed by atoms with Crippen molar-refractivity contribution in [1.29, 1.82) is 0 Å². The minimum atomic E-state index is 1.24. The highest BCUT2D eigenvalue weighted by Gasteiger charge is 2.14. The molecule has 0 saturated carbocycles. The lowest BCUT2D eigenvalue weighted by molar-refractivity contribution is -0.492. The summed E-state index contributed by atoms with van der Waals surface area (Å²) in [4.78, 5) is 0. The Bertz CT molecular complexity index is 131. The zero-order chi connectivity index (χ0) is 6.69. The summed E-state index contributed by atoms with van der Waals surface area (Å²) in [6, 6.07) is 0. The van der Waals surface area contributed by atoms with Gasteiger partial charge in [0, 0.05) is 12.2 Å². The molecular weight excluding hydrogens is 150 g/mol. The quantitative estimate of drug-likeness (QED) is 0.496. The summed E-state index contributed by atoms with van der Waals surface area (Å²) in [5, 5.41) is 0. The second-order valence-corrected chi connectivity index (χ2v) is 4.23. The molecule has 1 aliphatic heterocycles. The first-order valence-corrected chi connectivity index (χ1v) is 5.30. The highest BCUT2D eigenvalue weighted by atomic mass is 32.2. The van der Waals surface area contributed by atoms with Crippen LogP contribution in [-0.2, 0) is 0 Å². The SMILES string of the molecule is CSC1=[N+](C)CCCS1. The standard InChI is InChI=1S/C6H12NS2/c1-7-4-3-5-9-6(7)8-2/h3-5H2,1-2H3/q+1. The Morgan fingerprint density at radius 1 is 1.67 bits per heavy atom. The Labute approximate surface area is 64.9 Å². The van der Waals surface area contributed by atoms with Crippen LogP contribution in [0.25, 0.3) is 0 Å². The normalized spacial score (nSPS) is 20.7. The lowest BCUT2D eigenvalue weighted by Crippen LogP contribution is -2.19. The molecule has 1 heterocycles. The fraction of sp³-hybridized carbons (Fsp3) is 0.833. The highest BCUT2D eigenvalue weighted by molar-refractivity contribution is 8.38. The van der Waals surface area contributed by atoms with Gasteiger partial charge in [-0.05, 0) is 18.0 Å². The molecule has 0 bridgehead atoms. The number of hydrogen-bond donors (Lipinski definition) is 0. The molecule has 0 aromatic rings. The molecule has 9 heavy (non-hydrogen) atoms. The Morgan fingerprint density at radius 3 is 2.89 bits per heavy atom. The number of hydrogen-bond acceptors (Lipinski definition) is 2. The van der Waals surface area contributed by atoms with Gasteiger partial charge in [-0.1, -0.05) is 11.8 Å². The van der Waals surface area contributed by atoms with Crippen LogP contribution in [0.1, 0.15) is 6.42 Å². The Morgan fingerprint density at radius 2 is 2.44 bits per heavy atom. The third-order valence-electron chi connectivity index (χ3n) is 1.35. The first-order valence-electron chi connectivity index (χ1n) is 3.09. The van der Waals surface area contributed by atoms with Crippen molar-refractivity contribution in [3.63, 3.8) is 0 Å². The topological polar surface area (TPSA) is 3.01 Å². The van der Waals surface area contributed by atoms with Crippen LogP contribution in [0.2, 0.25) is 0 Å². The monoisotopic (exact) mass is 162 g/mol. The third kappa shape index (κ3) is 1.90. The fourth-order valence-electron chi connectivity index (χ4n) is 0.877. The maximum Gasteiger partial charge on any atom is 0.269 e. The van der Waals surface area contributed by atoms with Crippen molar-refractivity contribution in [2.75, 3.05) is 25.6 Å². The lowest BCUT2D eigenvalue weighted by atomic mass is 10.5. The summed E-state index contributed by atoms with van der Waals surface area (Å²) in [5.41, 5.74) is 0. The fourth-order valence-corrected chi connectivity index (χ4v) is 2.76. The third-order valence-corrected chi connectivity index (χ3v) is 3.92. The molecule has 52 valence electrons. The van der Waals surface area contributed by atoms with Gasteiger partial charge in [-0.2, -0.15) is 0 Å². The minimum Gasteiger partial charge on any atom is -0.221 e. The number of thioether (sulfide) groups is 2. The number of nitrogens with zero attached hydrogens (tertiary/aromatic N) is 1. The zero-order valence-corrected chi connectivity index (χ0v) is 7.52. The van der Waals surface area contributed by atoms with Gasteiger partial charge in [-0.25, -0.2) is 4.58 Å². The summed E-state index contributed by atoms with van der Waals surface area (Å²) in [5.74, 6) is 1.31. The van der Waals surface area contributed by atoms with E-state index in [-0.39, 0.29) is 0 Å². The zero-order valence-electron chi connectivity index (χ0n) is 5.89. The molecular formula is C6H12NS2+. The lowest BCUT2D eigenvalue weighted by Gasteiger charge is -2.07. The van der Waals surface area contributed by atoms with Crippen molar-refractivity contribution in [3.05, 3.63) is 0 Å². The van der Waals surface area contributed by atoms with Crippen LogP contribution in [0.15, 0.2) is 0 Å². The predicted molar refractivity (Wildman–Crippen MR) is 46.6 cm³/mol. The van der Waals surface area contributed by atoms with E-state index in [9.17, 15) is 0 Å². The molecule has 0 fully saturated rings. The van der Waals surface area contributed by atoms with E-state index in [4.69, 9.17) is 0 Å². The molecule has 1 rings (SSSR count). The molecule has 0 spiro atoms. The largest absolute Gasteiger partial charge is 0.269 e. The van der Waals surface area contributed by atoms with Crippen LogP contribution in [-0.4, -0.2) is 34.6 Å². The van der Waals surface area contributed by atoms with Crippen LogP contribution in [0.5, 0.6) is 0 Å². The van der Waals surface area contributed by atoms with Crippen LogP contribution < -0.4 is 0 Å². The summed E-state index contributed by atoms with van der Waals surface area (Å²) in [7, 11) is 2.16. The second-order valence-electron chi connectivity index (χ2n) is 2.09.